The Labute approximate surface area is 176 Å². The van der Waals surface area contributed by atoms with Gasteiger partial charge in [0.05, 0.1) is 0 Å². The Balaban J connectivity index is 2.04. The first-order chi connectivity index (χ1) is 14.4. The summed E-state index contributed by atoms with van der Waals surface area (Å²) in [5.74, 6) is -0.924. The zero-order valence-electron chi connectivity index (χ0n) is 17.2. The molecule has 8 heteroatoms. The van der Waals surface area contributed by atoms with Crippen LogP contribution in [-0.4, -0.2) is 41.5 Å². The Morgan fingerprint density at radius 1 is 1.00 bits per heavy atom. The molecule has 30 heavy (non-hydrogen) atoms. The van der Waals surface area contributed by atoms with Crippen molar-refractivity contribution in [2.45, 2.75) is 38.1 Å². The van der Waals surface area contributed by atoms with E-state index in [1.165, 1.54) is 0 Å². The summed E-state index contributed by atoms with van der Waals surface area (Å²) < 4.78 is 0. The van der Waals surface area contributed by atoms with Gasteiger partial charge in [0.2, 0.25) is 11.8 Å². The number of aryl methyl sites for hydroxylation is 1. The summed E-state index contributed by atoms with van der Waals surface area (Å²) in [6.07, 6.45) is 3.27. The number of amides is 4. The van der Waals surface area contributed by atoms with Gasteiger partial charge in [-0.15, -0.1) is 0 Å². The van der Waals surface area contributed by atoms with Crippen molar-refractivity contribution in [2.75, 3.05) is 13.1 Å². The summed E-state index contributed by atoms with van der Waals surface area (Å²) in [5, 5.41) is 8.12. The number of primary amides is 1. The number of urea groups is 1. The molecule has 1 heterocycles. The highest BCUT2D eigenvalue weighted by Gasteiger charge is 2.38. The highest BCUT2D eigenvalue weighted by Crippen LogP contribution is 2.15. The Bertz CT molecular complexity index is 829. The summed E-state index contributed by atoms with van der Waals surface area (Å²) in [6, 6.07) is 14.6. The minimum Gasteiger partial charge on any atom is -0.368 e. The lowest BCUT2D eigenvalue weighted by Gasteiger charge is -2.32. The molecular weight excluding hydrogens is 382 g/mol. The van der Waals surface area contributed by atoms with Crippen molar-refractivity contribution in [3.05, 3.63) is 66.0 Å². The molecule has 0 bridgehead atoms. The van der Waals surface area contributed by atoms with E-state index >= 15 is 0 Å². The first-order valence-electron chi connectivity index (χ1n) is 10.0. The minimum atomic E-state index is -1.41. The number of nitrogens with zero attached hydrogens (tertiary/aromatic N) is 1. The van der Waals surface area contributed by atoms with Crippen LogP contribution < -0.4 is 21.7 Å². The Morgan fingerprint density at radius 3 is 2.37 bits per heavy atom. The van der Waals surface area contributed by atoms with Gasteiger partial charge in [0, 0.05) is 37.8 Å². The zero-order valence-corrected chi connectivity index (χ0v) is 17.2. The molecule has 160 valence electrons. The van der Waals surface area contributed by atoms with E-state index < -0.39 is 17.5 Å². The van der Waals surface area contributed by atoms with Crippen molar-refractivity contribution < 1.29 is 14.4 Å². The van der Waals surface area contributed by atoms with Gasteiger partial charge in [-0.25, -0.2) is 4.79 Å². The zero-order chi connectivity index (χ0) is 21.8. The van der Waals surface area contributed by atoms with Gasteiger partial charge in [0.1, 0.15) is 5.54 Å². The second-order valence-corrected chi connectivity index (χ2v) is 7.01. The summed E-state index contributed by atoms with van der Waals surface area (Å²) in [7, 11) is 0. The Hall–Kier alpha value is -3.42. The number of benzene rings is 1. The average Bonchev–Trinajstić information content (AvgIpc) is 2.76. The van der Waals surface area contributed by atoms with Gasteiger partial charge >= 0.3 is 6.03 Å². The van der Waals surface area contributed by atoms with Crippen LogP contribution in [0.3, 0.4) is 0 Å². The SMILES string of the molecule is CCC(=O)NCC(CCc1ccccc1)(NC(=O)NCCc1ccccn1)C(N)=O. The van der Waals surface area contributed by atoms with Crippen molar-refractivity contribution in [3.63, 3.8) is 0 Å². The van der Waals surface area contributed by atoms with Crippen LogP contribution in [0.5, 0.6) is 0 Å². The molecule has 0 aliphatic heterocycles. The van der Waals surface area contributed by atoms with E-state index in [0.717, 1.165) is 11.3 Å². The van der Waals surface area contributed by atoms with Crippen LogP contribution in [-0.2, 0) is 22.4 Å². The molecule has 2 rings (SSSR count). The van der Waals surface area contributed by atoms with E-state index in [1.807, 2.05) is 48.5 Å². The minimum absolute atomic E-state index is 0.0739. The topological polar surface area (TPSA) is 126 Å². The number of hydrogen-bond donors (Lipinski definition) is 4. The second-order valence-electron chi connectivity index (χ2n) is 7.01. The lowest BCUT2D eigenvalue weighted by molar-refractivity contribution is -0.125. The molecule has 1 atom stereocenters. The summed E-state index contributed by atoms with van der Waals surface area (Å²) in [4.78, 5) is 40.9. The van der Waals surface area contributed by atoms with Crippen LogP contribution in [0.15, 0.2) is 54.7 Å². The first kappa shape index (κ1) is 22.9. The third kappa shape index (κ3) is 7.20. The Morgan fingerprint density at radius 2 is 1.73 bits per heavy atom. The lowest BCUT2D eigenvalue weighted by atomic mass is 9.90. The second kappa shape index (κ2) is 11.5. The summed E-state index contributed by atoms with van der Waals surface area (Å²) in [5.41, 5.74) is 6.13. The highest BCUT2D eigenvalue weighted by molar-refractivity contribution is 5.91. The molecular formula is C22H29N5O3. The number of rotatable bonds is 11. The number of nitrogens with two attached hydrogens (primary N) is 1. The van der Waals surface area contributed by atoms with Crippen LogP contribution in [0.2, 0.25) is 0 Å². The number of carbonyl (C=O) groups is 3. The maximum absolute atomic E-state index is 12.5. The molecule has 4 amide bonds. The highest BCUT2D eigenvalue weighted by atomic mass is 16.2. The van der Waals surface area contributed by atoms with E-state index in [9.17, 15) is 14.4 Å². The average molecular weight is 412 g/mol. The number of aromatic nitrogens is 1. The number of hydrogen-bond acceptors (Lipinski definition) is 4. The predicted molar refractivity (Wildman–Crippen MR) is 114 cm³/mol. The van der Waals surface area contributed by atoms with Crippen LogP contribution in [0.1, 0.15) is 31.0 Å². The maximum Gasteiger partial charge on any atom is 0.315 e. The fourth-order valence-electron chi connectivity index (χ4n) is 2.96. The van der Waals surface area contributed by atoms with Crippen molar-refractivity contribution in [1.29, 1.82) is 0 Å². The fourth-order valence-corrected chi connectivity index (χ4v) is 2.96. The van der Waals surface area contributed by atoms with Gasteiger partial charge in [-0.3, -0.25) is 14.6 Å². The molecule has 0 aliphatic rings. The third-order valence-electron chi connectivity index (χ3n) is 4.81. The predicted octanol–water partition coefficient (Wildman–Crippen LogP) is 1.31. The molecule has 1 unspecified atom stereocenters. The molecule has 2 aromatic rings. The van der Waals surface area contributed by atoms with Gasteiger partial charge in [-0.2, -0.15) is 0 Å². The van der Waals surface area contributed by atoms with Crippen molar-refractivity contribution in [1.82, 2.24) is 20.9 Å². The van der Waals surface area contributed by atoms with E-state index in [2.05, 4.69) is 20.9 Å². The fraction of sp³-hybridized carbons (Fsp3) is 0.364. The van der Waals surface area contributed by atoms with Gasteiger partial charge in [0.25, 0.3) is 0 Å². The van der Waals surface area contributed by atoms with Gasteiger partial charge < -0.3 is 21.7 Å². The molecule has 0 aliphatic carbocycles. The van der Waals surface area contributed by atoms with Crippen molar-refractivity contribution >= 4 is 17.8 Å². The quantitative estimate of drug-likeness (QED) is 0.445. The van der Waals surface area contributed by atoms with Crippen LogP contribution in [0.4, 0.5) is 4.79 Å². The maximum atomic E-state index is 12.5. The normalized spacial score (nSPS) is 12.4. The number of pyridine rings is 1. The Kier molecular flexibility index (Phi) is 8.80. The molecule has 5 N–H and O–H groups in total. The molecule has 0 saturated heterocycles. The largest absolute Gasteiger partial charge is 0.368 e. The first-order valence-corrected chi connectivity index (χ1v) is 10.0. The summed E-state index contributed by atoms with van der Waals surface area (Å²) >= 11 is 0. The number of nitrogens with one attached hydrogen (secondary N) is 3. The standard InChI is InChI=1S/C22H29N5O3/c1-2-19(28)26-16-22(20(23)29,13-11-17-8-4-3-5-9-17)27-21(30)25-15-12-18-10-6-7-14-24-18/h3-10,14H,2,11-13,15-16H2,1H3,(H2,23,29)(H,26,28)(H2,25,27,30). The van der Waals surface area contributed by atoms with Crippen LogP contribution in [0.25, 0.3) is 0 Å². The van der Waals surface area contributed by atoms with Gasteiger partial charge in [-0.05, 0) is 30.5 Å². The molecule has 1 aromatic heterocycles. The third-order valence-corrected chi connectivity index (χ3v) is 4.81. The molecule has 0 saturated carbocycles. The smallest absolute Gasteiger partial charge is 0.315 e. The van der Waals surface area contributed by atoms with E-state index in [1.54, 1.807) is 13.1 Å². The lowest BCUT2D eigenvalue weighted by Crippen LogP contribution is -2.65. The van der Waals surface area contributed by atoms with Gasteiger partial charge in [0.15, 0.2) is 0 Å². The molecule has 0 radical (unpaired) electrons. The number of carbonyl (C=O) groups excluding carboxylic acids is 3. The molecule has 0 fully saturated rings. The molecule has 0 spiro atoms. The summed E-state index contributed by atoms with van der Waals surface area (Å²) in [6.45, 7) is 1.98. The van der Waals surface area contributed by atoms with Crippen LogP contribution in [0, 0.1) is 0 Å². The van der Waals surface area contributed by atoms with Crippen molar-refractivity contribution in [2.24, 2.45) is 5.73 Å². The van der Waals surface area contributed by atoms with E-state index in [4.69, 9.17) is 5.73 Å². The van der Waals surface area contributed by atoms with Crippen LogP contribution >= 0.6 is 0 Å². The molecule has 1 aromatic carbocycles. The monoisotopic (exact) mass is 411 g/mol. The van der Waals surface area contributed by atoms with Gasteiger partial charge in [-0.1, -0.05) is 43.3 Å². The van der Waals surface area contributed by atoms with E-state index in [-0.39, 0.29) is 25.3 Å². The molecule has 8 nitrogen and oxygen atoms in total. The van der Waals surface area contributed by atoms with Crippen molar-refractivity contribution in [3.8, 4) is 0 Å². The van der Waals surface area contributed by atoms with E-state index in [0.29, 0.717) is 19.4 Å².